The Hall–Kier alpha value is -4.13. The minimum absolute atomic E-state index is 0.0554. The van der Waals surface area contributed by atoms with E-state index in [9.17, 15) is 0 Å². The number of halogens is 2. The summed E-state index contributed by atoms with van der Waals surface area (Å²) in [4.78, 5) is 0. The van der Waals surface area contributed by atoms with E-state index in [1.165, 1.54) is 77.2 Å². The molecule has 0 N–H and O–H groups in total. The standard InChI is InChI=1S/C33H33.C19H22.C5H5.2ClH.Zr/c1-32(2,3)30-20-26-24(18-28(30)22-13-9-7-10-14-22)17-25-19-29(23-15-11-8-12-16-23)31(21-27(25)26)33(4,5)6;1-14(2)18-9-5-16(6-10-18)13-17-7-11-19(12-8-17)15(3)4;1-2-4-5-3-1;;;/h7-21H,1-6H3;5-12,14-15H,1-4H3;1-5H;2*1H;/q-1;;-1;;;+2/p-2. The summed E-state index contributed by atoms with van der Waals surface area (Å²) in [5.41, 5.74) is 13.2. The van der Waals surface area contributed by atoms with Crippen LogP contribution in [-0.2, 0) is 29.7 Å². The van der Waals surface area contributed by atoms with Crippen molar-refractivity contribution < 1.29 is 18.9 Å². The fraction of sp³-hybridized carbons (Fsp3) is 0.246. The van der Waals surface area contributed by atoms with Gasteiger partial charge in [-0.1, -0.05) is 114 Å². The van der Waals surface area contributed by atoms with Crippen LogP contribution in [0.25, 0.3) is 43.8 Å². The summed E-state index contributed by atoms with van der Waals surface area (Å²) in [6.45, 7) is 22.7. The molecule has 8 aromatic rings. The maximum absolute atomic E-state index is 6.44. The predicted octanol–water partition coefficient (Wildman–Crippen LogP) is 17.5. The zero-order valence-corrected chi connectivity index (χ0v) is 41.0. The minimum Gasteiger partial charge on any atom is -0.214 e. The first-order valence-corrected chi connectivity index (χ1v) is 28.8. The van der Waals surface area contributed by atoms with Gasteiger partial charge in [-0.15, -0.1) is 39.7 Å². The van der Waals surface area contributed by atoms with Crippen molar-refractivity contribution in [3.8, 4) is 22.3 Å². The topological polar surface area (TPSA) is 0 Å². The molecule has 0 bridgehead atoms. The minimum atomic E-state index is -2.55. The number of fused-ring (bicyclic) bond motifs is 3. The van der Waals surface area contributed by atoms with Crippen LogP contribution in [0, 0.1) is 0 Å². The van der Waals surface area contributed by atoms with Crippen molar-refractivity contribution in [3.05, 3.63) is 203 Å². The second-order valence-corrected chi connectivity index (χ2v) is 26.6. The van der Waals surface area contributed by atoms with Crippen molar-refractivity contribution >= 4 is 41.8 Å². The molecule has 0 heterocycles. The zero-order valence-electron chi connectivity index (χ0n) is 37.1. The van der Waals surface area contributed by atoms with E-state index in [0.29, 0.717) is 11.8 Å². The van der Waals surface area contributed by atoms with Gasteiger partial charge in [-0.2, -0.15) is 18.2 Å². The van der Waals surface area contributed by atoms with Crippen LogP contribution in [0.2, 0.25) is 0 Å². The van der Waals surface area contributed by atoms with Crippen molar-refractivity contribution in [2.45, 2.75) is 91.9 Å². The molecule has 3 heteroatoms. The van der Waals surface area contributed by atoms with E-state index in [1.54, 1.807) is 0 Å². The Morgan fingerprint density at radius 1 is 0.483 bits per heavy atom. The fourth-order valence-electron chi connectivity index (χ4n) is 7.83. The van der Waals surface area contributed by atoms with Crippen molar-refractivity contribution in [2.24, 2.45) is 0 Å². The molecule has 0 spiro atoms. The third kappa shape index (κ3) is 11.0. The number of benzene rings is 6. The molecule has 0 aliphatic heterocycles. The first kappa shape index (κ1) is 45.4. The molecular weight excluding hydrogens is 847 g/mol. The molecular formula is C57H60Cl2Zr-2. The maximum Gasteiger partial charge on any atom is -0.172 e. The van der Waals surface area contributed by atoms with E-state index in [-0.39, 0.29) is 10.8 Å². The Morgan fingerprint density at radius 2 is 0.850 bits per heavy atom. The average molecular weight is 907 g/mol. The molecule has 0 aliphatic rings. The quantitative estimate of drug-likeness (QED) is 0.146. The first-order valence-electron chi connectivity index (χ1n) is 21.3. The third-order valence-corrected chi connectivity index (χ3v) is 15.8. The number of hydrogen-bond acceptors (Lipinski definition) is 0. The molecule has 0 saturated carbocycles. The Labute approximate surface area is 375 Å². The molecule has 0 amide bonds. The van der Waals surface area contributed by atoms with Gasteiger partial charge in [-0.05, 0) is 44.2 Å². The van der Waals surface area contributed by atoms with E-state index in [4.69, 9.17) is 17.0 Å². The van der Waals surface area contributed by atoms with Crippen LogP contribution in [-0.4, -0.2) is 3.21 Å². The van der Waals surface area contributed by atoms with Crippen LogP contribution in [0.5, 0.6) is 0 Å². The second kappa shape index (κ2) is 19.7. The molecule has 0 aliphatic carbocycles. The summed E-state index contributed by atoms with van der Waals surface area (Å²) in [5.74, 6) is 1.07. The Bertz CT molecular complexity index is 2440. The van der Waals surface area contributed by atoms with Gasteiger partial charge in [0.2, 0.25) is 0 Å². The van der Waals surface area contributed by atoms with Gasteiger partial charge in [0, 0.05) is 0 Å². The summed E-state index contributed by atoms with van der Waals surface area (Å²) < 4.78 is 1.16. The summed E-state index contributed by atoms with van der Waals surface area (Å²) in [5, 5.41) is 5.36. The Morgan fingerprint density at radius 3 is 1.13 bits per heavy atom. The van der Waals surface area contributed by atoms with Crippen LogP contribution < -0.4 is 0 Å². The van der Waals surface area contributed by atoms with Gasteiger partial charge in [0.05, 0.1) is 0 Å². The van der Waals surface area contributed by atoms with Crippen LogP contribution in [0.15, 0.2) is 170 Å². The molecule has 0 radical (unpaired) electrons. The van der Waals surface area contributed by atoms with Crippen LogP contribution in [0.3, 0.4) is 0 Å². The SMILES string of the molecule is CC(C)(C)c1cc2c(cc1-c1ccccc1)[cH-]c1cc(-c3ccccc3)c(C(C)(C)C)cc12.CC(C)c1ccc([C](c2ccc(C(C)C)cc2)=[Zr]([Cl])[Cl])cc1.c1cc[cH-]c1. The van der Waals surface area contributed by atoms with Crippen molar-refractivity contribution in [1.82, 2.24) is 0 Å². The Kier molecular flexibility index (Phi) is 14.9. The van der Waals surface area contributed by atoms with Gasteiger partial charge in [-0.3, -0.25) is 0 Å². The van der Waals surface area contributed by atoms with E-state index in [1.807, 2.05) is 30.3 Å². The van der Waals surface area contributed by atoms with Crippen LogP contribution in [0.4, 0.5) is 0 Å². The summed E-state index contributed by atoms with van der Waals surface area (Å²) >= 11 is -2.55. The monoisotopic (exact) mass is 904 g/mol. The van der Waals surface area contributed by atoms with Gasteiger partial charge >= 0.3 is 149 Å². The summed E-state index contributed by atoms with van der Waals surface area (Å²) in [6.07, 6.45) is 0. The summed E-state index contributed by atoms with van der Waals surface area (Å²) in [6, 6.07) is 61.1. The van der Waals surface area contributed by atoms with Gasteiger partial charge in [-0.25, -0.2) is 12.1 Å². The van der Waals surface area contributed by atoms with E-state index < -0.39 is 18.9 Å². The molecule has 0 unspecified atom stereocenters. The molecule has 60 heavy (non-hydrogen) atoms. The third-order valence-electron chi connectivity index (χ3n) is 11.2. The van der Waals surface area contributed by atoms with Gasteiger partial charge in [0.25, 0.3) is 0 Å². The molecule has 0 aromatic heterocycles. The predicted molar refractivity (Wildman–Crippen MR) is 263 cm³/mol. The van der Waals surface area contributed by atoms with Gasteiger partial charge in [0.15, 0.2) is 0 Å². The van der Waals surface area contributed by atoms with Gasteiger partial charge in [0.1, 0.15) is 0 Å². The summed E-state index contributed by atoms with van der Waals surface area (Å²) in [7, 11) is 12.9. The van der Waals surface area contributed by atoms with Crippen molar-refractivity contribution in [3.63, 3.8) is 0 Å². The Balaban J connectivity index is 0.000000192. The maximum atomic E-state index is 6.44. The molecule has 0 saturated heterocycles. The number of rotatable bonds is 6. The molecule has 0 atom stereocenters. The number of hydrogen-bond donors (Lipinski definition) is 0. The van der Waals surface area contributed by atoms with Crippen LogP contribution in [0.1, 0.15) is 114 Å². The van der Waals surface area contributed by atoms with Crippen molar-refractivity contribution in [1.29, 1.82) is 0 Å². The molecule has 0 fully saturated rings. The average Bonchev–Trinajstić information content (AvgIpc) is 3.93. The molecule has 8 rings (SSSR count). The first-order chi connectivity index (χ1) is 28.5. The normalized spacial score (nSPS) is 11.6. The molecule has 8 aromatic carbocycles. The van der Waals surface area contributed by atoms with E-state index >= 15 is 0 Å². The van der Waals surface area contributed by atoms with Crippen molar-refractivity contribution in [2.75, 3.05) is 0 Å². The molecule has 0 nitrogen and oxygen atoms in total. The molecule has 308 valence electrons. The largest absolute Gasteiger partial charge is 0.214 e. The smallest absolute Gasteiger partial charge is 0.172 e. The zero-order chi connectivity index (χ0) is 43.2. The fourth-order valence-corrected chi connectivity index (χ4v) is 12.3. The second-order valence-electron chi connectivity index (χ2n) is 18.5. The van der Waals surface area contributed by atoms with Gasteiger partial charge < -0.3 is 0 Å². The van der Waals surface area contributed by atoms with E-state index in [2.05, 4.69) is 209 Å². The van der Waals surface area contributed by atoms with E-state index in [0.717, 1.165) is 3.21 Å². The van der Waals surface area contributed by atoms with Crippen LogP contribution >= 0.6 is 17.0 Å².